The second kappa shape index (κ2) is 8.33. The van der Waals surface area contributed by atoms with Crippen LogP contribution < -0.4 is 11.1 Å². The van der Waals surface area contributed by atoms with E-state index in [2.05, 4.69) is 15.4 Å². The van der Waals surface area contributed by atoms with Gasteiger partial charge in [-0.3, -0.25) is 14.7 Å². The van der Waals surface area contributed by atoms with Gasteiger partial charge in [-0.25, -0.2) is 9.37 Å². The Morgan fingerprint density at radius 1 is 1.00 bits per heavy atom. The molecule has 1 aromatic carbocycles. The maximum atomic E-state index is 13.5. The smallest absolute Gasteiger partial charge is 0.365 e. The molecular weight excluding hydrogens is 507 g/mol. The van der Waals surface area contributed by atoms with Gasteiger partial charge in [0.1, 0.15) is 26.9 Å². The molecule has 15 heteroatoms. The number of aromatic amines is 1. The third kappa shape index (κ3) is 4.66. The van der Waals surface area contributed by atoms with Crippen molar-refractivity contribution in [1.29, 1.82) is 0 Å². The highest BCUT2D eigenvalue weighted by molar-refractivity contribution is 7.21. The number of benzene rings is 1. The first kappa shape index (κ1) is 24.1. The zero-order valence-electron chi connectivity index (χ0n) is 16.8. The molecule has 0 bridgehead atoms. The number of hydrogen-bond acceptors (Lipinski definition) is 5. The molecule has 0 fully saturated rings. The Labute approximate surface area is 193 Å². The monoisotopic (exact) mass is 517 g/mol. The van der Waals surface area contributed by atoms with E-state index in [1.807, 2.05) is 0 Å². The standard InChI is InChI=1S/C20H10F7N5O2S/c21-8-3-1-7(2-4-8)9-5-11(19(22,23)24)29-18-13(9)14(15(35-18)16(28)33)30-17(34)10-6-12(32-31-10)20(25,26)27/h1-6H,(H2,28,33)(H,30,34)(H,31,32). The Morgan fingerprint density at radius 3 is 2.20 bits per heavy atom. The first-order valence-corrected chi connectivity index (χ1v) is 10.1. The van der Waals surface area contributed by atoms with E-state index in [4.69, 9.17) is 5.73 Å². The van der Waals surface area contributed by atoms with Crippen molar-refractivity contribution in [3.8, 4) is 11.1 Å². The number of alkyl halides is 6. The third-order valence-corrected chi connectivity index (χ3v) is 5.78. The molecule has 0 aliphatic heterocycles. The normalized spacial score (nSPS) is 12.2. The molecule has 0 spiro atoms. The second-order valence-corrected chi connectivity index (χ2v) is 8.03. The van der Waals surface area contributed by atoms with Crippen LogP contribution in [-0.2, 0) is 12.4 Å². The van der Waals surface area contributed by atoms with Gasteiger partial charge in [-0.05, 0) is 29.3 Å². The van der Waals surface area contributed by atoms with Gasteiger partial charge in [0.15, 0.2) is 5.69 Å². The molecule has 35 heavy (non-hydrogen) atoms. The lowest BCUT2D eigenvalue weighted by atomic mass is 10.0. The summed E-state index contributed by atoms with van der Waals surface area (Å²) < 4.78 is 92.4. The number of nitrogens with one attached hydrogen (secondary N) is 2. The molecule has 2 amide bonds. The number of fused-ring (bicyclic) bond motifs is 1. The molecule has 4 rings (SSSR count). The number of halogens is 7. The van der Waals surface area contributed by atoms with Crippen LogP contribution in [0.1, 0.15) is 31.5 Å². The minimum absolute atomic E-state index is 0.0766. The van der Waals surface area contributed by atoms with Crippen LogP contribution in [0.2, 0.25) is 0 Å². The van der Waals surface area contributed by atoms with E-state index in [1.54, 1.807) is 5.10 Å². The number of thiophene rings is 1. The maximum absolute atomic E-state index is 13.5. The Balaban J connectivity index is 1.93. The average Bonchev–Trinajstić information content (AvgIpc) is 3.39. The number of rotatable bonds is 4. The molecule has 182 valence electrons. The van der Waals surface area contributed by atoms with E-state index in [0.717, 1.165) is 12.1 Å². The van der Waals surface area contributed by atoms with Crippen molar-refractivity contribution in [3.05, 3.63) is 64.2 Å². The predicted octanol–water partition coefficient (Wildman–Crippen LogP) is 5.21. The van der Waals surface area contributed by atoms with Crippen LogP contribution in [0, 0.1) is 5.82 Å². The van der Waals surface area contributed by atoms with Crippen molar-refractivity contribution >= 4 is 39.1 Å². The highest BCUT2D eigenvalue weighted by Crippen LogP contribution is 2.43. The topological polar surface area (TPSA) is 114 Å². The molecule has 0 atom stereocenters. The molecule has 0 saturated heterocycles. The van der Waals surface area contributed by atoms with E-state index in [0.29, 0.717) is 23.5 Å². The Morgan fingerprint density at radius 2 is 1.66 bits per heavy atom. The van der Waals surface area contributed by atoms with Crippen LogP contribution in [0.25, 0.3) is 21.3 Å². The number of primary amides is 1. The number of anilines is 1. The van der Waals surface area contributed by atoms with Gasteiger partial charge in [-0.2, -0.15) is 31.4 Å². The van der Waals surface area contributed by atoms with Crippen LogP contribution in [-0.4, -0.2) is 27.0 Å². The summed E-state index contributed by atoms with van der Waals surface area (Å²) in [5, 5.41) is 6.98. The van der Waals surface area contributed by atoms with Gasteiger partial charge < -0.3 is 11.1 Å². The molecule has 0 aliphatic rings. The highest BCUT2D eigenvalue weighted by atomic mass is 32.1. The van der Waals surface area contributed by atoms with Crippen molar-refractivity contribution in [2.75, 3.05) is 5.32 Å². The van der Waals surface area contributed by atoms with Crippen molar-refractivity contribution in [3.63, 3.8) is 0 Å². The average molecular weight is 517 g/mol. The van der Waals surface area contributed by atoms with Crippen LogP contribution in [0.3, 0.4) is 0 Å². The van der Waals surface area contributed by atoms with Gasteiger partial charge in [0.25, 0.3) is 11.8 Å². The molecule has 0 saturated carbocycles. The molecular formula is C20H10F7N5O2S. The summed E-state index contributed by atoms with van der Waals surface area (Å²) in [5.74, 6) is -3.02. The van der Waals surface area contributed by atoms with Gasteiger partial charge in [0.2, 0.25) is 0 Å². The number of nitrogens with two attached hydrogens (primary N) is 1. The quantitative estimate of drug-likeness (QED) is 0.323. The number of hydrogen-bond donors (Lipinski definition) is 3. The molecule has 0 radical (unpaired) electrons. The maximum Gasteiger partial charge on any atom is 0.433 e. The molecule has 3 heterocycles. The van der Waals surface area contributed by atoms with Crippen molar-refractivity contribution in [2.45, 2.75) is 12.4 Å². The summed E-state index contributed by atoms with van der Waals surface area (Å²) in [5.41, 5.74) is 1.49. The summed E-state index contributed by atoms with van der Waals surface area (Å²) in [7, 11) is 0. The SMILES string of the molecule is NC(=O)c1sc2nc(C(F)(F)F)cc(-c3ccc(F)cc3)c2c1NC(=O)c1cc(C(F)(F)F)[nH]n1. The van der Waals surface area contributed by atoms with E-state index >= 15 is 0 Å². The van der Waals surface area contributed by atoms with E-state index in [-0.39, 0.29) is 27.0 Å². The zero-order valence-corrected chi connectivity index (χ0v) is 17.6. The van der Waals surface area contributed by atoms with Gasteiger partial charge >= 0.3 is 12.4 Å². The first-order valence-electron chi connectivity index (χ1n) is 9.30. The fourth-order valence-electron chi connectivity index (χ4n) is 3.15. The lowest BCUT2D eigenvalue weighted by molar-refractivity contribution is -0.141. The fraction of sp³-hybridized carbons (Fsp3) is 0.100. The van der Waals surface area contributed by atoms with Crippen molar-refractivity contribution in [2.24, 2.45) is 5.73 Å². The molecule has 4 N–H and O–H groups in total. The minimum Gasteiger partial charge on any atom is -0.365 e. The number of carbonyl (C=O) groups excluding carboxylic acids is 2. The predicted molar refractivity (Wildman–Crippen MR) is 110 cm³/mol. The number of nitrogens with zero attached hydrogens (tertiary/aromatic N) is 2. The summed E-state index contributed by atoms with van der Waals surface area (Å²) in [6, 6.07) is 5.35. The zero-order chi connectivity index (χ0) is 25.7. The molecule has 0 aliphatic carbocycles. The van der Waals surface area contributed by atoms with Crippen molar-refractivity contribution in [1.82, 2.24) is 15.2 Å². The summed E-state index contributed by atoms with van der Waals surface area (Å²) in [6.45, 7) is 0. The van der Waals surface area contributed by atoms with Crippen LogP contribution in [0.5, 0.6) is 0 Å². The van der Waals surface area contributed by atoms with Crippen LogP contribution >= 0.6 is 11.3 Å². The van der Waals surface area contributed by atoms with E-state index in [9.17, 15) is 40.3 Å². The summed E-state index contributed by atoms with van der Waals surface area (Å²) in [4.78, 5) is 27.4. The number of pyridine rings is 1. The second-order valence-electron chi connectivity index (χ2n) is 7.03. The van der Waals surface area contributed by atoms with Crippen molar-refractivity contribution < 1.29 is 40.3 Å². The number of H-pyrrole nitrogens is 1. The van der Waals surface area contributed by atoms with Gasteiger partial charge in [0.05, 0.1) is 5.69 Å². The number of amides is 2. The first-order chi connectivity index (χ1) is 16.3. The third-order valence-electron chi connectivity index (χ3n) is 4.69. The highest BCUT2D eigenvalue weighted by Gasteiger charge is 2.36. The van der Waals surface area contributed by atoms with E-state index in [1.165, 1.54) is 12.1 Å². The van der Waals surface area contributed by atoms with Gasteiger partial charge in [-0.1, -0.05) is 12.1 Å². The number of carbonyl (C=O) groups is 2. The molecule has 3 aromatic heterocycles. The van der Waals surface area contributed by atoms with Gasteiger partial charge in [0, 0.05) is 11.5 Å². The van der Waals surface area contributed by atoms with E-state index < -0.39 is 51.9 Å². The Hall–Kier alpha value is -4.01. The lowest BCUT2D eigenvalue weighted by Gasteiger charge is -2.12. The minimum atomic E-state index is -4.90. The van der Waals surface area contributed by atoms with Crippen LogP contribution in [0.4, 0.5) is 36.4 Å². The Bertz CT molecular complexity index is 1460. The molecule has 4 aromatic rings. The fourth-order valence-corrected chi connectivity index (χ4v) is 4.16. The van der Waals surface area contributed by atoms with Crippen LogP contribution in [0.15, 0.2) is 36.4 Å². The molecule has 0 unspecified atom stereocenters. The summed E-state index contributed by atoms with van der Waals surface area (Å²) in [6.07, 6.45) is -9.72. The Kier molecular flexibility index (Phi) is 5.75. The van der Waals surface area contributed by atoms with Gasteiger partial charge in [-0.15, -0.1) is 11.3 Å². The largest absolute Gasteiger partial charge is 0.433 e. The molecule has 7 nitrogen and oxygen atoms in total. The lowest BCUT2D eigenvalue weighted by Crippen LogP contribution is -2.17. The summed E-state index contributed by atoms with van der Waals surface area (Å²) >= 11 is 0.438. The number of aromatic nitrogens is 3.